The lowest BCUT2D eigenvalue weighted by atomic mass is 9.86. The first kappa shape index (κ1) is 23.3. The van der Waals surface area contributed by atoms with E-state index in [0.29, 0.717) is 18.4 Å². The number of likely N-dealkylation sites (tertiary alicyclic amines) is 1. The summed E-state index contributed by atoms with van der Waals surface area (Å²) in [4.78, 5) is 2.56. The van der Waals surface area contributed by atoms with E-state index in [2.05, 4.69) is 67.3 Å². The van der Waals surface area contributed by atoms with Crippen molar-refractivity contribution < 1.29 is 10.2 Å². The minimum absolute atomic E-state index is 0.159. The fraction of sp³-hybridized carbons (Fsp3) is 0.333. The predicted octanol–water partition coefficient (Wildman–Crippen LogP) is 6.32. The van der Waals surface area contributed by atoms with Crippen molar-refractivity contribution in [1.82, 2.24) is 4.90 Å². The van der Waals surface area contributed by atoms with Crippen LogP contribution < -0.4 is 0 Å². The van der Waals surface area contributed by atoms with Crippen LogP contribution in [-0.4, -0.2) is 40.9 Å². The summed E-state index contributed by atoms with van der Waals surface area (Å²) >= 11 is 0. The third-order valence-corrected chi connectivity index (χ3v) is 6.79. The zero-order chi connectivity index (χ0) is 23.2. The quantitative estimate of drug-likeness (QED) is 0.402. The molecular formula is C30H35NO2. The van der Waals surface area contributed by atoms with Crippen molar-refractivity contribution in [2.24, 2.45) is 0 Å². The van der Waals surface area contributed by atoms with Crippen molar-refractivity contribution in [2.45, 2.75) is 45.1 Å². The summed E-state index contributed by atoms with van der Waals surface area (Å²) in [5, 5.41) is 19.5. The van der Waals surface area contributed by atoms with Gasteiger partial charge in [-0.25, -0.2) is 0 Å². The largest absolute Gasteiger partial charge is 0.508 e. The first-order chi connectivity index (χ1) is 16.1. The molecule has 4 rings (SSSR count). The third kappa shape index (κ3) is 5.55. The summed E-state index contributed by atoms with van der Waals surface area (Å²) in [5.41, 5.74) is 7.19. The van der Waals surface area contributed by atoms with Crippen LogP contribution in [0.25, 0.3) is 11.1 Å². The number of aromatic hydroxyl groups is 1. The van der Waals surface area contributed by atoms with E-state index in [1.165, 1.54) is 35.2 Å². The Morgan fingerprint density at radius 3 is 2.09 bits per heavy atom. The molecular weight excluding hydrogens is 406 g/mol. The molecule has 1 aliphatic heterocycles. The van der Waals surface area contributed by atoms with E-state index in [1.807, 2.05) is 18.2 Å². The lowest BCUT2D eigenvalue weighted by Gasteiger charge is -2.21. The molecule has 0 bridgehead atoms. The topological polar surface area (TPSA) is 43.7 Å². The highest BCUT2D eigenvalue weighted by Crippen LogP contribution is 2.37. The maximum atomic E-state index is 9.87. The van der Waals surface area contributed by atoms with E-state index in [1.54, 1.807) is 12.1 Å². The molecule has 172 valence electrons. The molecule has 3 aromatic carbocycles. The van der Waals surface area contributed by atoms with E-state index in [-0.39, 0.29) is 12.4 Å². The molecule has 0 spiro atoms. The van der Waals surface area contributed by atoms with Gasteiger partial charge in [-0.2, -0.15) is 0 Å². The maximum Gasteiger partial charge on any atom is 0.115 e. The Labute approximate surface area is 198 Å². The summed E-state index contributed by atoms with van der Waals surface area (Å²) in [7, 11) is 0. The second-order valence-corrected chi connectivity index (χ2v) is 9.29. The second kappa shape index (κ2) is 10.8. The van der Waals surface area contributed by atoms with E-state index < -0.39 is 0 Å². The number of hydrogen-bond donors (Lipinski definition) is 2. The Balaban J connectivity index is 1.76. The molecule has 1 fully saturated rings. The minimum atomic E-state index is 0.159. The number of rotatable bonds is 8. The Kier molecular flexibility index (Phi) is 7.64. The van der Waals surface area contributed by atoms with Gasteiger partial charge in [-0.1, -0.05) is 66.7 Å². The Bertz CT molecular complexity index is 1050. The molecule has 1 aliphatic rings. The van der Waals surface area contributed by atoms with Gasteiger partial charge in [0.15, 0.2) is 0 Å². The van der Waals surface area contributed by atoms with Gasteiger partial charge < -0.3 is 15.1 Å². The Hall–Kier alpha value is -2.88. The van der Waals surface area contributed by atoms with Gasteiger partial charge in [-0.3, -0.25) is 0 Å². The van der Waals surface area contributed by atoms with Crippen molar-refractivity contribution in [3.8, 4) is 5.75 Å². The standard InChI is InChI=1S/C30H35NO2/c1-22(2)31-19-18-27(21-31)23-10-12-25(13-11-23)30(26-14-16-28(33)17-15-26)29(9-6-20-32)24-7-4-3-5-8-24/h3-5,7-8,10-17,22,27,32-33H,6,9,18-21H2,1-2H3. The predicted molar refractivity (Wildman–Crippen MR) is 137 cm³/mol. The third-order valence-electron chi connectivity index (χ3n) is 6.79. The van der Waals surface area contributed by atoms with Gasteiger partial charge in [-0.05, 0) is 91.1 Å². The first-order valence-corrected chi connectivity index (χ1v) is 12.1. The molecule has 2 N–H and O–H groups in total. The SMILES string of the molecule is CC(C)N1CCC(c2ccc(C(=C(CCCO)c3ccccc3)c3ccc(O)cc3)cc2)C1. The van der Waals surface area contributed by atoms with E-state index in [9.17, 15) is 10.2 Å². The first-order valence-electron chi connectivity index (χ1n) is 12.1. The average Bonchev–Trinajstić information content (AvgIpc) is 3.34. The lowest BCUT2D eigenvalue weighted by Crippen LogP contribution is -2.27. The summed E-state index contributed by atoms with van der Waals surface area (Å²) < 4.78 is 0. The second-order valence-electron chi connectivity index (χ2n) is 9.29. The molecule has 0 amide bonds. The fourth-order valence-corrected chi connectivity index (χ4v) is 4.90. The van der Waals surface area contributed by atoms with Gasteiger partial charge in [0, 0.05) is 19.2 Å². The summed E-state index contributed by atoms with van der Waals surface area (Å²) in [6, 6.07) is 27.6. The van der Waals surface area contributed by atoms with Gasteiger partial charge in [0.25, 0.3) is 0 Å². The fourth-order valence-electron chi connectivity index (χ4n) is 4.90. The number of phenolic OH excluding ortho intramolecular Hbond substituents is 1. The van der Waals surface area contributed by atoms with Crippen LogP contribution in [-0.2, 0) is 0 Å². The van der Waals surface area contributed by atoms with Crippen LogP contribution in [0.15, 0.2) is 78.9 Å². The molecule has 0 radical (unpaired) electrons. The van der Waals surface area contributed by atoms with Crippen molar-refractivity contribution in [2.75, 3.05) is 19.7 Å². The zero-order valence-corrected chi connectivity index (χ0v) is 19.7. The number of hydrogen-bond acceptors (Lipinski definition) is 3. The van der Waals surface area contributed by atoms with Gasteiger partial charge in [0.05, 0.1) is 0 Å². The molecule has 3 heteroatoms. The number of aliphatic hydroxyl groups is 1. The number of nitrogens with zero attached hydrogens (tertiary/aromatic N) is 1. The van der Waals surface area contributed by atoms with Crippen LogP contribution in [0, 0.1) is 0 Å². The summed E-state index contributed by atoms with van der Waals surface area (Å²) in [6.45, 7) is 7.01. The van der Waals surface area contributed by atoms with Gasteiger partial charge >= 0.3 is 0 Å². The molecule has 1 atom stereocenters. The van der Waals surface area contributed by atoms with Crippen LogP contribution in [0.1, 0.15) is 61.3 Å². The molecule has 1 heterocycles. The van der Waals surface area contributed by atoms with Crippen molar-refractivity contribution in [3.63, 3.8) is 0 Å². The minimum Gasteiger partial charge on any atom is -0.508 e. The molecule has 3 aromatic rings. The highest BCUT2D eigenvalue weighted by molar-refractivity contribution is 5.98. The normalized spacial score (nSPS) is 17.4. The van der Waals surface area contributed by atoms with Gasteiger partial charge in [0.2, 0.25) is 0 Å². The van der Waals surface area contributed by atoms with Crippen molar-refractivity contribution in [3.05, 3.63) is 101 Å². The van der Waals surface area contributed by atoms with Crippen molar-refractivity contribution >= 4 is 11.1 Å². The van der Waals surface area contributed by atoms with Crippen molar-refractivity contribution in [1.29, 1.82) is 0 Å². The lowest BCUT2D eigenvalue weighted by molar-refractivity contribution is 0.272. The van der Waals surface area contributed by atoms with Gasteiger partial charge in [-0.15, -0.1) is 0 Å². The molecule has 3 nitrogen and oxygen atoms in total. The van der Waals surface area contributed by atoms with Gasteiger partial charge in [0.1, 0.15) is 5.75 Å². The zero-order valence-electron chi connectivity index (χ0n) is 19.7. The maximum absolute atomic E-state index is 9.87. The Morgan fingerprint density at radius 2 is 1.52 bits per heavy atom. The van der Waals surface area contributed by atoms with E-state index in [4.69, 9.17) is 0 Å². The number of aliphatic hydroxyl groups excluding tert-OH is 1. The van der Waals surface area contributed by atoms with Crippen LogP contribution in [0.5, 0.6) is 5.75 Å². The van der Waals surface area contributed by atoms with Crippen LogP contribution in [0.2, 0.25) is 0 Å². The summed E-state index contributed by atoms with van der Waals surface area (Å²) in [5.74, 6) is 0.853. The molecule has 33 heavy (non-hydrogen) atoms. The number of phenols is 1. The molecule has 1 saturated heterocycles. The van der Waals surface area contributed by atoms with Crippen LogP contribution in [0.4, 0.5) is 0 Å². The van der Waals surface area contributed by atoms with Crippen LogP contribution in [0.3, 0.4) is 0 Å². The average molecular weight is 442 g/mol. The molecule has 1 unspecified atom stereocenters. The number of allylic oxidation sites excluding steroid dienone is 1. The summed E-state index contributed by atoms with van der Waals surface area (Å²) in [6.07, 6.45) is 2.70. The smallest absolute Gasteiger partial charge is 0.115 e. The monoisotopic (exact) mass is 441 g/mol. The van der Waals surface area contributed by atoms with E-state index in [0.717, 1.165) is 24.1 Å². The Morgan fingerprint density at radius 1 is 0.879 bits per heavy atom. The molecule has 0 saturated carbocycles. The molecule has 0 aliphatic carbocycles. The van der Waals surface area contributed by atoms with E-state index >= 15 is 0 Å². The highest BCUT2D eigenvalue weighted by Gasteiger charge is 2.25. The highest BCUT2D eigenvalue weighted by atomic mass is 16.3. The van der Waals surface area contributed by atoms with Crippen LogP contribution >= 0.6 is 0 Å². The number of benzene rings is 3. The molecule has 0 aromatic heterocycles.